The summed E-state index contributed by atoms with van der Waals surface area (Å²) in [4.78, 5) is 4.54. The van der Waals surface area contributed by atoms with Gasteiger partial charge in [-0.15, -0.1) is 0 Å². The number of pyridine rings is 1. The van der Waals surface area contributed by atoms with E-state index >= 15 is 0 Å². The van der Waals surface area contributed by atoms with Crippen molar-refractivity contribution < 1.29 is 13.2 Å². The average molecular weight is 387 g/mol. The van der Waals surface area contributed by atoms with Crippen LogP contribution in [-0.4, -0.2) is 11.7 Å². The fourth-order valence-corrected chi connectivity index (χ4v) is 6.09. The summed E-state index contributed by atoms with van der Waals surface area (Å²) in [6, 6.07) is 6.58. The van der Waals surface area contributed by atoms with E-state index < -0.39 is 11.7 Å². The van der Waals surface area contributed by atoms with Crippen LogP contribution in [0.15, 0.2) is 30.5 Å². The zero-order valence-electron chi connectivity index (χ0n) is 17.8. The predicted octanol–water partition coefficient (Wildman–Crippen LogP) is 5.71. The Morgan fingerprint density at radius 1 is 0.929 bits per heavy atom. The van der Waals surface area contributed by atoms with Gasteiger partial charge in [0.1, 0.15) is 0 Å². The second kappa shape index (κ2) is 6.93. The molecular weight excluding hydrogens is 358 g/mol. The molecule has 1 aromatic heterocycles. The molecule has 0 spiro atoms. The van der Waals surface area contributed by atoms with Crippen LogP contribution >= 0.6 is 0 Å². The zero-order chi connectivity index (χ0) is 21.0. The summed E-state index contributed by atoms with van der Waals surface area (Å²) in [5.41, 5.74) is 3.57. The summed E-state index contributed by atoms with van der Waals surface area (Å²) in [7, 11) is 0. The third-order valence-corrected chi connectivity index (χ3v) is 6.91. The number of fused-ring (bicyclic) bond motifs is 3. The number of rotatable bonds is 4. The standard InChI is InChI=1S/C23H29BF3N/c1-13(2)22(14(3)4,15(5)6)24-19-9-8-10-28-21(19)18-12-17(23(25,26)27)11-16(7)20(18)24/h8-15H,1-7H3. The minimum absolute atomic E-state index is 0.0356. The molecule has 1 aliphatic heterocycles. The van der Waals surface area contributed by atoms with Crippen LogP contribution in [0, 0.1) is 24.7 Å². The third kappa shape index (κ3) is 2.89. The predicted molar refractivity (Wildman–Crippen MR) is 112 cm³/mol. The Morgan fingerprint density at radius 2 is 1.50 bits per heavy atom. The van der Waals surface area contributed by atoms with Crippen molar-refractivity contribution in [1.82, 2.24) is 4.98 Å². The number of hydrogen-bond donors (Lipinski definition) is 0. The summed E-state index contributed by atoms with van der Waals surface area (Å²) in [6.07, 6.45) is -2.68. The summed E-state index contributed by atoms with van der Waals surface area (Å²) in [5.74, 6) is 1.08. The molecule has 0 unspecified atom stereocenters. The largest absolute Gasteiger partial charge is 0.416 e. The maximum Gasteiger partial charge on any atom is 0.416 e. The van der Waals surface area contributed by atoms with Gasteiger partial charge in [0.2, 0.25) is 6.71 Å². The molecule has 150 valence electrons. The van der Waals surface area contributed by atoms with Crippen LogP contribution in [0.25, 0.3) is 11.3 Å². The smallest absolute Gasteiger partial charge is 0.257 e. The van der Waals surface area contributed by atoms with E-state index in [2.05, 4.69) is 52.6 Å². The van der Waals surface area contributed by atoms with Crippen molar-refractivity contribution in [2.45, 2.75) is 60.0 Å². The number of alkyl halides is 3. The number of aryl methyl sites for hydroxylation is 1. The van der Waals surface area contributed by atoms with Gasteiger partial charge in [-0.05, 0) is 59.2 Å². The molecular formula is C23H29BF3N. The highest BCUT2D eigenvalue weighted by Gasteiger charge is 2.54. The van der Waals surface area contributed by atoms with Crippen LogP contribution in [0.3, 0.4) is 0 Å². The van der Waals surface area contributed by atoms with Gasteiger partial charge in [-0.25, -0.2) is 0 Å². The quantitative estimate of drug-likeness (QED) is 0.613. The van der Waals surface area contributed by atoms with E-state index in [1.807, 2.05) is 13.0 Å². The van der Waals surface area contributed by atoms with Gasteiger partial charge >= 0.3 is 6.18 Å². The lowest BCUT2D eigenvalue weighted by atomic mass is 9.22. The lowest BCUT2D eigenvalue weighted by Gasteiger charge is -2.49. The van der Waals surface area contributed by atoms with E-state index in [1.54, 1.807) is 6.20 Å². The Kier molecular flexibility index (Phi) is 5.18. The summed E-state index contributed by atoms with van der Waals surface area (Å²) in [5, 5.41) is -0.0897. The maximum absolute atomic E-state index is 13.5. The lowest BCUT2D eigenvalue weighted by Crippen LogP contribution is -2.57. The first-order chi connectivity index (χ1) is 12.9. The number of benzene rings is 1. The molecule has 0 saturated heterocycles. The van der Waals surface area contributed by atoms with Crippen molar-refractivity contribution in [2.75, 3.05) is 0 Å². The van der Waals surface area contributed by atoms with Gasteiger partial charge in [-0.1, -0.05) is 58.6 Å². The molecule has 0 radical (unpaired) electrons. The average Bonchev–Trinajstić information content (AvgIpc) is 2.90. The van der Waals surface area contributed by atoms with Gasteiger partial charge in [0, 0.05) is 6.20 Å². The van der Waals surface area contributed by atoms with Crippen LogP contribution in [0.2, 0.25) is 5.31 Å². The Morgan fingerprint density at radius 3 is 2.00 bits per heavy atom. The van der Waals surface area contributed by atoms with E-state index in [9.17, 15) is 13.2 Å². The molecule has 0 amide bonds. The van der Waals surface area contributed by atoms with E-state index in [0.29, 0.717) is 34.6 Å². The van der Waals surface area contributed by atoms with Crippen molar-refractivity contribution in [1.29, 1.82) is 0 Å². The van der Waals surface area contributed by atoms with Crippen LogP contribution in [0.1, 0.15) is 52.7 Å². The Labute approximate surface area is 166 Å². The van der Waals surface area contributed by atoms with Crippen LogP contribution < -0.4 is 10.9 Å². The van der Waals surface area contributed by atoms with Crippen LogP contribution in [0.5, 0.6) is 0 Å². The minimum Gasteiger partial charge on any atom is -0.257 e. The summed E-state index contributed by atoms with van der Waals surface area (Å²) < 4.78 is 40.5. The molecule has 1 aromatic carbocycles. The molecule has 0 N–H and O–H groups in total. The van der Waals surface area contributed by atoms with Crippen molar-refractivity contribution in [3.8, 4) is 11.3 Å². The first-order valence-corrected chi connectivity index (χ1v) is 10.1. The first kappa shape index (κ1) is 20.9. The fourth-order valence-electron chi connectivity index (χ4n) is 6.09. The highest BCUT2D eigenvalue weighted by atomic mass is 19.4. The van der Waals surface area contributed by atoms with Gasteiger partial charge in [-0.2, -0.15) is 13.2 Å². The minimum atomic E-state index is -4.36. The number of aromatic nitrogens is 1. The van der Waals surface area contributed by atoms with Crippen molar-refractivity contribution in [3.63, 3.8) is 0 Å². The number of halogens is 3. The second-order valence-corrected chi connectivity index (χ2v) is 9.09. The van der Waals surface area contributed by atoms with E-state index in [1.165, 1.54) is 12.1 Å². The highest BCUT2D eigenvalue weighted by Crippen LogP contribution is 2.54. The van der Waals surface area contributed by atoms with E-state index in [4.69, 9.17) is 0 Å². The Hall–Kier alpha value is -1.78. The summed E-state index contributed by atoms with van der Waals surface area (Å²) in [6.45, 7) is 15.3. The highest BCUT2D eigenvalue weighted by molar-refractivity contribution is 6.92. The van der Waals surface area contributed by atoms with Gasteiger partial charge in [-0.3, -0.25) is 4.98 Å². The van der Waals surface area contributed by atoms with Gasteiger partial charge in [0.15, 0.2) is 0 Å². The Bertz CT molecular complexity index is 862. The van der Waals surface area contributed by atoms with Gasteiger partial charge < -0.3 is 0 Å². The normalized spacial score (nSPS) is 14.2. The van der Waals surface area contributed by atoms with Gasteiger partial charge in [0.25, 0.3) is 0 Å². The molecule has 5 heteroatoms. The van der Waals surface area contributed by atoms with Crippen molar-refractivity contribution in [3.05, 3.63) is 41.6 Å². The maximum atomic E-state index is 13.5. The number of nitrogens with zero attached hydrogens (tertiary/aromatic N) is 1. The molecule has 1 aliphatic rings. The zero-order valence-corrected chi connectivity index (χ0v) is 17.8. The topological polar surface area (TPSA) is 12.9 Å². The lowest BCUT2D eigenvalue weighted by molar-refractivity contribution is -0.137. The van der Waals surface area contributed by atoms with Crippen LogP contribution in [-0.2, 0) is 6.18 Å². The second-order valence-electron chi connectivity index (χ2n) is 9.09. The molecule has 0 saturated carbocycles. The molecule has 0 bridgehead atoms. The molecule has 28 heavy (non-hydrogen) atoms. The summed E-state index contributed by atoms with van der Waals surface area (Å²) >= 11 is 0. The molecule has 3 rings (SSSR count). The Balaban J connectivity index is 2.41. The van der Waals surface area contributed by atoms with E-state index in [0.717, 1.165) is 10.9 Å². The third-order valence-electron chi connectivity index (χ3n) is 6.91. The van der Waals surface area contributed by atoms with Crippen LogP contribution in [0.4, 0.5) is 13.2 Å². The fraction of sp³-hybridized carbons (Fsp3) is 0.522. The molecule has 2 aromatic rings. The van der Waals surface area contributed by atoms with Gasteiger partial charge in [0.05, 0.1) is 11.3 Å². The molecule has 2 heterocycles. The number of hydrogen-bond acceptors (Lipinski definition) is 1. The molecule has 0 aliphatic carbocycles. The van der Waals surface area contributed by atoms with Crippen molar-refractivity contribution >= 4 is 17.6 Å². The molecule has 0 fully saturated rings. The SMILES string of the molecule is Cc1cc(C(F)(F)F)cc2c1B(C(C(C)C)(C(C)C)C(C)C)c1cccnc1-2. The van der Waals surface area contributed by atoms with E-state index in [-0.39, 0.29) is 12.0 Å². The van der Waals surface area contributed by atoms with Crippen molar-refractivity contribution in [2.24, 2.45) is 17.8 Å². The monoisotopic (exact) mass is 387 g/mol. The molecule has 0 atom stereocenters. The first-order valence-electron chi connectivity index (χ1n) is 10.1. The molecule has 1 nitrogen and oxygen atoms in total.